The highest BCUT2D eigenvalue weighted by Gasteiger charge is 2.35. The number of nitrogens with zero attached hydrogens (tertiary/aromatic N) is 1. The Morgan fingerprint density at radius 3 is 1.80 bits per heavy atom. The Bertz CT molecular complexity index is 566. The van der Waals surface area contributed by atoms with Gasteiger partial charge in [-0.3, -0.25) is 4.79 Å². The molecule has 2 aromatic carbocycles. The van der Waals surface area contributed by atoms with E-state index >= 15 is 0 Å². The number of fused-ring (bicyclic) bond motifs is 1. The first-order chi connectivity index (χ1) is 9.84. The van der Waals surface area contributed by atoms with Gasteiger partial charge in [0.25, 0.3) is 0 Å². The van der Waals surface area contributed by atoms with Crippen LogP contribution in [0.25, 0.3) is 11.1 Å². The minimum Gasteiger partial charge on any atom is -0.315 e. The Morgan fingerprint density at radius 2 is 1.40 bits per heavy atom. The maximum atomic E-state index is 10.6. The molecule has 2 aromatic rings. The maximum absolute atomic E-state index is 10.6. The van der Waals surface area contributed by atoms with E-state index < -0.39 is 0 Å². The van der Waals surface area contributed by atoms with E-state index in [0.29, 0.717) is 6.04 Å². The number of carbonyl (C=O) groups excluding carboxylic acids is 1. The molecule has 1 saturated heterocycles. The summed E-state index contributed by atoms with van der Waals surface area (Å²) in [6.07, 6.45) is 5.78. The third kappa shape index (κ3) is 2.64. The second-order valence-corrected chi connectivity index (χ2v) is 5.01. The van der Waals surface area contributed by atoms with E-state index in [1.54, 1.807) is 4.90 Å². The molecule has 0 aliphatic carbocycles. The van der Waals surface area contributed by atoms with Crippen LogP contribution in [0.1, 0.15) is 12.8 Å². The second kappa shape index (κ2) is 5.74. The molecular weight excluding hydrogens is 246 g/mol. The molecule has 0 saturated carbocycles. The van der Waals surface area contributed by atoms with Crippen molar-refractivity contribution in [3.8, 4) is 11.1 Å². The molecule has 1 fully saturated rings. The number of carbonyl (C=O) groups is 1. The van der Waals surface area contributed by atoms with Crippen LogP contribution in [0.3, 0.4) is 0 Å². The van der Waals surface area contributed by atoms with Gasteiger partial charge < -0.3 is 4.90 Å². The highest BCUT2D eigenvalue weighted by Crippen LogP contribution is 2.27. The molecule has 1 atom stereocenters. The third-order valence-corrected chi connectivity index (χ3v) is 3.65. The first-order valence-electron chi connectivity index (χ1n) is 6.93. The molecule has 0 aromatic heterocycles. The van der Waals surface area contributed by atoms with Crippen molar-refractivity contribution in [1.29, 1.82) is 0 Å². The quantitative estimate of drug-likeness (QED) is 0.715. The van der Waals surface area contributed by atoms with Gasteiger partial charge in [0, 0.05) is 18.7 Å². The number of hydrogen-bond acceptors (Lipinski definition) is 1. The average molecular weight is 263 g/mol. The fourth-order valence-electron chi connectivity index (χ4n) is 2.49. The minimum absolute atomic E-state index is 0.281. The van der Waals surface area contributed by atoms with Crippen molar-refractivity contribution in [3.05, 3.63) is 72.9 Å². The summed E-state index contributed by atoms with van der Waals surface area (Å²) in [5, 5.41) is 0. The van der Waals surface area contributed by atoms with Crippen LogP contribution in [0.15, 0.2) is 72.9 Å². The van der Waals surface area contributed by atoms with E-state index in [1.807, 2.05) is 18.3 Å². The zero-order chi connectivity index (χ0) is 13.8. The van der Waals surface area contributed by atoms with Gasteiger partial charge in [-0.15, -0.1) is 0 Å². The van der Waals surface area contributed by atoms with Gasteiger partial charge in [-0.1, -0.05) is 66.7 Å². The van der Waals surface area contributed by atoms with Crippen molar-refractivity contribution in [2.45, 2.75) is 18.9 Å². The number of rotatable bonds is 1. The maximum Gasteiger partial charge on any atom is 0.228 e. The molecule has 0 spiro atoms. The first-order valence-corrected chi connectivity index (χ1v) is 6.93. The van der Waals surface area contributed by atoms with Crippen LogP contribution in [0.2, 0.25) is 0 Å². The Kier molecular flexibility index (Phi) is 3.64. The van der Waals surface area contributed by atoms with Gasteiger partial charge in [-0.2, -0.15) is 0 Å². The topological polar surface area (TPSA) is 20.3 Å². The molecule has 0 N–H and O–H groups in total. The fourth-order valence-corrected chi connectivity index (χ4v) is 2.49. The molecule has 20 heavy (non-hydrogen) atoms. The summed E-state index contributed by atoms with van der Waals surface area (Å²) in [7, 11) is 0. The molecule has 4 rings (SSSR count). The molecule has 0 radical (unpaired) electrons. The van der Waals surface area contributed by atoms with Crippen LogP contribution in [0.5, 0.6) is 0 Å². The average Bonchev–Trinajstić information content (AvgIpc) is 2.91. The van der Waals surface area contributed by atoms with Crippen molar-refractivity contribution in [2.75, 3.05) is 0 Å². The lowest BCUT2D eigenvalue weighted by atomic mass is 10.0. The van der Waals surface area contributed by atoms with Crippen molar-refractivity contribution in [3.63, 3.8) is 0 Å². The summed E-state index contributed by atoms with van der Waals surface area (Å²) in [5.74, 6) is 0.281. The summed E-state index contributed by atoms with van der Waals surface area (Å²) in [5.41, 5.74) is 2.55. The molecule has 2 aliphatic heterocycles. The molecule has 2 heterocycles. The van der Waals surface area contributed by atoms with Crippen LogP contribution in [0, 0.1) is 0 Å². The van der Waals surface area contributed by atoms with Crippen molar-refractivity contribution in [2.24, 2.45) is 0 Å². The van der Waals surface area contributed by atoms with E-state index in [0.717, 1.165) is 12.8 Å². The van der Waals surface area contributed by atoms with Crippen LogP contribution in [-0.4, -0.2) is 16.8 Å². The predicted molar refractivity (Wildman–Crippen MR) is 80.9 cm³/mol. The standard InChI is InChI=1S/C12H10.C6H7NO/c1-3-7-11(8-4-1)12-9-5-2-6-10-12;8-6-4-5-2-1-3-7(5)6/h1-10H;1,3,5H,2,4H2/t;5-/m.1/s1. The Morgan fingerprint density at radius 1 is 0.850 bits per heavy atom. The Labute approximate surface area is 119 Å². The van der Waals surface area contributed by atoms with E-state index in [1.165, 1.54) is 11.1 Å². The molecule has 0 unspecified atom stereocenters. The summed E-state index contributed by atoms with van der Waals surface area (Å²) in [4.78, 5) is 12.4. The molecule has 100 valence electrons. The van der Waals surface area contributed by atoms with Crippen molar-refractivity contribution < 1.29 is 4.79 Å². The number of β-lactam (4-membered cyclic amide) rings is 1. The summed E-state index contributed by atoms with van der Waals surface area (Å²) >= 11 is 0. The normalized spacial score (nSPS) is 18.9. The summed E-state index contributed by atoms with van der Waals surface area (Å²) < 4.78 is 0. The van der Waals surface area contributed by atoms with E-state index in [9.17, 15) is 4.79 Å². The van der Waals surface area contributed by atoms with E-state index in [-0.39, 0.29) is 5.91 Å². The van der Waals surface area contributed by atoms with Gasteiger partial charge >= 0.3 is 0 Å². The Balaban J connectivity index is 0.000000131. The van der Waals surface area contributed by atoms with Gasteiger partial charge in [-0.05, 0) is 17.5 Å². The van der Waals surface area contributed by atoms with Crippen molar-refractivity contribution in [1.82, 2.24) is 4.90 Å². The summed E-state index contributed by atoms with van der Waals surface area (Å²) in [6, 6.07) is 21.3. The smallest absolute Gasteiger partial charge is 0.228 e. The largest absolute Gasteiger partial charge is 0.315 e. The number of hydrogen-bond donors (Lipinski definition) is 0. The highest BCUT2D eigenvalue weighted by atomic mass is 16.2. The zero-order valence-corrected chi connectivity index (χ0v) is 11.3. The molecule has 2 aliphatic rings. The van der Waals surface area contributed by atoms with Gasteiger partial charge in [0.2, 0.25) is 5.91 Å². The van der Waals surface area contributed by atoms with Gasteiger partial charge in [0.1, 0.15) is 0 Å². The van der Waals surface area contributed by atoms with Crippen LogP contribution >= 0.6 is 0 Å². The third-order valence-electron chi connectivity index (χ3n) is 3.65. The number of benzene rings is 2. The molecule has 2 heteroatoms. The van der Waals surface area contributed by atoms with Crippen molar-refractivity contribution >= 4 is 5.91 Å². The molecular formula is C18H17NO. The minimum atomic E-state index is 0.281. The second-order valence-electron chi connectivity index (χ2n) is 5.01. The lowest BCUT2D eigenvalue weighted by Crippen LogP contribution is -2.45. The predicted octanol–water partition coefficient (Wildman–Crippen LogP) is 3.86. The van der Waals surface area contributed by atoms with E-state index in [2.05, 4.69) is 54.6 Å². The number of amides is 1. The van der Waals surface area contributed by atoms with Crippen LogP contribution in [-0.2, 0) is 4.79 Å². The van der Waals surface area contributed by atoms with Crippen LogP contribution in [0.4, 0.5) is 0 Å². The molecule has 2 nitrogen and oxygen atoms in total. The highest BCUT2D eigenvalue weighted by molar-refractivity contribution is 5.84. The van der Waals surface area contributed by atoms with Gasteiger partial charge in [-0.25, -0.2) is 0 Å². The first kappa shape index (κ1) is 12.7. The SMILES string of the molecule is O=C1C[C@H]2CC=CN12.c1ccc(-c2ccccc2)cc1. The Hall–Kier alpha value is -2.35. The zero-order valence-electron chi connectivity index (χ0n) is 11.3. The monoisotopic (exact) mass is 263 g/mol. The lowest BCUT2D eigenvalue weighted by molar-refractivity contribution is -0.140. The molecule has 0 bridgehead atoms. The van der Waals surface area contributed by atoms with E-state index in [4.69, 9.17) is 0 Å². The fraction of sp³-hybridized carbons (Fsp3) is 0.167. The van der Waals surface area contributed by atoms with Gasteiger partial charge in [0.05, 0.1) is 0 Å². The van der Waals surface area contributed by atoms with Crippen LogP contribution < -0.4 is 0 Å². The van der Waals surface area contributed by atoms with Gasteiger partial charge in [0.15, 0.2) is 0 Å². The molecule has 1 amide bonds. The lowest BCUT2D eigenvalue weighted by Gasteiger charge is -2.32. The summed E-state index contributed by atoms with van der Waals surface area (Å²) in [6.45, 7) is 0.